The van der Waals surface area contributed by atoms with Crippen LogP contribution >= 0.6 is 0 Å². The molecule has 0 atom stereocenters. The number of nitrogens with one attached hydrogen (secondary N) is 1. The van der Waals surface area contributed by atoms with Gasteiger partial charge in [0.25, 0.3) is 11.8 Å². The Morgan fingerprint density at radius 2 is 1.54 bits per heavy atom. The van der Waals surface area contributed by atoms with Gasteiger partial charge in [-0.15, -0.1) is 0 Å². The SMILES string of the molecule is CCCOc1ccc(CN2C(=O)NC(=O)/C(=C\c3ccc(OS(=O)(=O)c4ccccc4)c(OC)c3)C2=O)cc1OC. The summed E-state index contributed by atoms with van der Waals surface area (Å²) in [6, 6.07) is 16.0. The van der Waals surface area contributed by atoms with Crippen molar-refractivity contribution in [3.8, 4) is 23.0 Å². The first-order valence-electron chi connectivity index (χ1n) is 12.5. The Morgan fingerprint density at radius 3 is 2.22 bits per heavy atom. The Labute approximate surface area is 237 Å². The summed E-state index contributed by atoms with van der Waals surface area (Å²) >= 11 is 0. The van der Waals surface area contributed by atoms with Crippen molar-refractivity contribution in [2.75, 3.05) is 20.8 Å². The van der Waals surface area contributed by atoms with Crippen LogP contribution in [-0.4, -0.2) is 52.0 Å². The van der Waals surface area contributed by atoms with E-state index in [1.807, 2.05) is 6.92 Å². The lowest BCUT2D eigenvalue weighted by atomic mass is 10.1. The first kappa shape index (κ1) is 29.2. The molecule has 1 heterocycles. The molecule has 3 aromatic carbocycles. The summed E-state index contributed by atoms with van der Waals surface area (Å²) in [5.74, 6) is -0.751. The van der Waals surface area contributed by atoms with Crippen LogP contribution in [0.3, 0.4) is 0 Å². The monoisotopic (exact) mass is 580 g/mol. The molecule has 3 aromatic rings. The molecule has 1 N–H and O–H groups in total. The summed E-state index contributed by atoms with van der Waals surface area (Å²) in [4.78, 5) is 39.3. The molecule has 0 unspecified atom stereocenters. The van der Waals surface area contributed by atoms with E-state index in [9.17, 15) is 22.8 Å². The van der Waals surface area contributed by atoms with Gasteiger partial charge in [0, 0.05) is 0 Å². The van der Waals surface area contributed by atoms with Crippen molar-refractivity contribution >= 4 is 34.0 Å². The Hall–Kier alpha value is -4.84. The van der Waals surface area contributed by atoms with Crippen molar-refractivity contribution in [2.45, 2.75) is 24.8 Å². The first-order chi connectivity index (χ1) is 19.7. The van der Waals surface area contributed by atoms with Crippen LogP contribution < -0.4 is 23.7 Å². The van der Waals surface area contributed by atoms with Crippen molar-refractivity contribution in [3.05, 3.63) is 83.4 Å². The molecule has 214 valence electrons. The number of amides is 4. The zero-order chi connectivity index (χ0) is 29.6. The maximum Gasteiger partial charge on any atom is 0.339 e. The smallest absolute Gasteiger partial charge is 0.339 e. The van der Waals surface area contributed by atoms with E-state index in [0.29, 0.717) is 29.2 Å². The minimum absolute atomic E-state index is 0.0387. The van der Waals surface area contributed by atoms with Gasteiger partial charge >= 0.3 is 16.1 Å². The van der Waals surface area contributed by atoms with Gasteiger partial charge in [-0.3, -0.25) is 19.8 Å². The van der Waals surface area contributed by atoms with E-state index in [4.69, 9.17) is 18.4 Å². The van der Waals surface area contributed by atoms with Gasteiger partial charge in [-0.2, -0.15) is 8.42 Å². The number of imide groups is 2. The van der Waals surface area contributed by atoms with E-state index in [1.54, 1.807) is 36.4 Å². The van der Waals surface area contributed by atoms with Crippen molar-refractivity contribution in [2.24, 2.45) is 0 Å². The second kappa shape index (κ2) is 12.6. The average molecular weight is 581 g/mol. The molecule has 1 aliphatic heterocycles. The van der Waals surface area contributed by atoms with Crippen LogP contribution in [-0.2, 0) is 26.3 Å². The summed E-state index contributed by atoms with van der Waals surface area (Å²) in [6.45, 7) is 2.34. The highest BCUT2D eigenvalue weighted by Crippen LogP contribution is 2.32. The zero-order valence-electron chi connectivity index (χ0n) is 22.6. The zero-order valence-corrected chi connectivity index (χ0v) is 23.4. The summed E-state index contributed by atoms with van der Waals surface area (Å²) in [5, 5.41) is 2.18. The number of barbiturate groups is 1. The molecule has 4 rings (SSSR count). The predicted molar refractivity (Wildman–Crippen MR) is 148 cm³/mol. The molecule has 0 saturated carbocycles. The number of benzene rings is 3. The largest absolute Gasteiger partial charge is 0.493 e. The third-order valence-corrected chi connectivity index (χ3v) is 7.19. The Balaban J connectivity index is 1.58. The topological polar surface area (TPSA) is 138 Å². The molecule has 11 nitrogen and oxygen atoms in total. The summed E-state index contributed by atoms with van der Waals surface area (Å²) < 4.78 is 46.8. The molecule has 0 aromatic heterocycles. The van der Waals surface area contributed by atoms with E-state index in [-0.39, 0.29) is 28.5 Å². The van der Waals surface area contributed by atoms with E-state index in [0.717, 1.165) is 11.3 Å². The van der Waals surface area contributed by atoms with Crippen molar-refractivity contribution < 1.29 is 41.2 Å². The summed E-state index contributed by atoms with van der Waals surface area (Å²) in [6.07, 6.45) is 2.09. The third kappa shape index (κ3) is 6.67. The van der Waals surface area contributed by atoms with Crippen LogP contribution in [0.25, 0.3) is 6.08 Å². The van der Waals surface area contributed by atoms with Crippen LogP contribution in [0, 0.1) is 0 Å². The average Bonchev–Trinajstić information content (AvgIpc) is 2.97. The van der Waals surface area contributed by atoms with E-state index < -0.39 is 28.0 Å². The highest BCUT2D eigenvalue weighted by Gasteiger charge is 2.36. The maximum atomic E-state index is 13.3. The van der Waals surface area contributed by atoms with Gasteiger partial charge < -0.3 is 18.4 Å². The maximum absolute atomic E-state index is 13.3. The Bertz CT molecular complexity index is 1600. The lowest BCUT2D eigenvalue weighted by Crippen LogP contribution is -2.53. The number of ether oxygens (including phenoxy) is 3. The van der Waals surface area contributed by atoms with Gasteiger partial charge in [0.2, 0.25) is 0 Å². The molecular weight excluding hydrogens is 552 g/mol. The fourth-order valence-corrected chi connectivity index (χ4v) is 4.89. The minimum Gasteiger partial charge on any atom is -0.493 e. The van der Waals surface area contributed by atoms with Crippen molar-refractivity contribution in [3.63, 3.8) is 0 Å². The fraction of sp³-hybridized carbons (Fsp3) is 0.207. The molecule has 4 amide bonds. The van der Waals surface area contributed by atoms with Gasteiger partial charge in [0.15, 0.2) is 23.0 Å². The predicted octanol–water partition coefficient (Wildman–Crippen LogP) is 3.92. The number of urea groups is 1. The van der Waals surface area contributed by atoms with E-state index >= 15 is 0 Å². The van der Waals surface area contributed by atoms with Crippen LogP contribution in [0.2, 0.25) is 0 Å². The molecule has 0 radical (unpaired) electrons. The number of rotatable bonds is 11. The number of carbonyl (C=O) groups excluding carboxylic acids is 3. The fourth-order valence-electron chi connectivity index (χ4n) is 3.92. The standard InChI is InChI=1S/C29H28N2O9S/c1-4-14-39-23-12-11-20(17-25(23)37-2)18-31-28(33)22(27(32)30-29(31)34)15-19-10-13-24(26(16-19)38-3)40-41(35,36)21-8-6-5-7-9-21/h5-13,15-17H,4,14,18H2,1-3H3,(H,30,32,34)/b22-15+. The number of methoxy groups -OCH3 is 2. The van der Waals surface area contributed by atoms with Crippen LogP contribution in [0.15, 0.2) is 77.2 Å². The van der Waals surface area contributed by atoms with Gasteiger partial charge in [0.1, 0.15) is 10.5 Å². The van der Waals surface area contributed by atoms with Gasteiger partial charge in [-0.05, 0) is 60.0 Å². The molecular formula is C29H28N2O9S. The Kier molecular flexibility index (Phi) is 8.93. The second-order valence-electron chi connectivity index (χ2n) is 8.80. The number of nitrogens with zero attached hydrogens (tertiary/aromatic N) is 1. The van der Waals surface area contributed by atoms with Crippen molar-refractivity contribution in [1.82, 2.24) is 10.2 Å². The normalized spacial score (nSPS) is 14.6. The first-order valence-corrected chi connectivity index (χ1v) is 13.9. The molecule has 1 saturated heterocycles. The molecule has 0 bridgehead atoms. The highest BCUT2D eigenvalue weighted by atomic mass is 32.2. The van der Waals surface area contributed by atoms with Gasteiger partial charge in [0.05, 0.1) is 27.4 Å². The van der Waals surface area contributed by atoms with Crippen LogP contribution in [0.4, 0.5) is 4.79 Å². The lowest BCUT2D eigenvalue weighted by Gasteiger charge is -2.26. The second-order valence-corrected chi connectivity index (χ2v) is 10.3. The van der Waals surface area contributed by atoms with E-state index in [1.165, 1.54) is 50.6 Å². The van der Waals surface area contributed by atoms with E-state index in [2.05, 4.69) is 5.32 Å². The molecule has 1 fully saturated rings. The Morgan fingerprint density at radius 1 is 0.854 bits per heavy atom. The highest BCUT2D eigenvalue weighted by molar-refractivity contribution is 7.87. The molecule has 0 aliphatic carbocycles. The number of carbonyl (C=O) groups is 3. The molecule has 1 aliphatic rings. The quantitative estimate of drug-likeness (QED) is 0.203. The molecule has 0 spiro atoms. The van der Waals surface area contributed by atoms with Gasteiger partial charge in [-0.25, -0.2) is 4.79 Å². The number of hydrogen-bond donors (Lipinski definition) is 1. The van der Waals surface area contributed by atoms with Crippen molar-refractivity contribution in [1.29, 1.82) is 0 Å². The van der Waals surface area contributed by atoms with Gasteiger partial charge in [-0.1, -0.05) is 37.3 Å². The summed E-state index contributed by atoms with van der Waals surface area (Å²) in [7, 11) is -1.33. The van der Waals surface area contributed by atoms with Crippen LogP contribution in [0.1, 0.15) is 24.5 Å². The lowest BCUT2D eigenvalue weighted by molar-refractivity contribution is -0.130. The molecule has 12 heteroatoms. The number of hydrogen-bond acceptors (Lipinski definition) is 9. The third-order valence-electron chi connectivity index (χ3n) is 5.95. The van der Waals surface area contributed by atoms with Crippen LogP contribution in [0.5, 0.6) is 23.0 Å². The minimum atomic E-state index is -4.13. The molecule has 41 heavy (non-hydrogen) atoms. The summed E-state index contributed by atoms with van der Waals surface area (Å²) in [5.41, 5.74) is 0.607.